The Morgan fingerprint density at radius 2 is 1.45 bits per heavy atom. The molecule has 124 valence electrons. The largest absolute Gasteiger partial charge is 0.460 e. The van der Waals surface area contributed by atoms with Crippen molar-refractivity contribution in [1.29, 1.82) is 0 Å². The molecule has 0 radical (unpaired) electrons. The van der Waals surface area contributed by atoms with Crippen LogP contribution in [0.25, 0.3) is 0 Å². The van der Waals surface area contributed by atoms with E-state index in [1.807, 2.05) is 20.8 Å². The standard InChI is InChI=1S/C20H32O2/c1-18(2,3)15-11-10-14(16(12-15)19(4,5)6)13-22-17(21)20(7,8)9/h10-12H,13H2,1-9H3. The Bertz CT molecular complexity index is 534. The van der Waals surface area contributed by atoms with Crippen molar-refractivity contribution in [2.24, 2.45) is 5.41 Å². The first-order chi connectivity index (χ1) is 9.73. The molecule has 0 heterocycles. The zero-order valence-electron chi connectivity index (χ0n) is 15.8. The number of esters is 1. The van der Waals surface area contributed by atoms with Crippen molar-refractivity contribution in [3.05, 3.63) is 34.9 Å². The molecule has 0 aliphatic carbocycles. The normalized spacial score (nSPS) is 13.1. The maximum Gasteiger partial charge on any atom is 0.311 e. The van der Waals surface area contributed by atoms with Gasteiger partial charge in [-0.15, -0.1) is 0 Å². The fourth-order valence-electron chi connectivity index (χ4n) is 2.23. The van der Waals surface area contributed by atoms with Crippen LogP contribution < -0.4 is 0 Å². The van der Waals surface area contributed by atoms with Crippen molar-refractivity contribution in [2.75, 3.05) is 0 Å². The zero-order valence-corrected chi connectivity index (χ0v) is 15.8. The Kier molecular flexibility index (Phi) is 5.16. The van der Waals surface area contributed by atoms with Gasteiger partial charge >= 0.3 is 5.97 Å². The summed E-state index contributed by atoms with van der Waals surface area (Å²) in [7, 11) is 0. The first kappa shape index (κ1) is 18.7. The summed E-state index contributed by atoms with van der Waals surface area (Å²) >= 11 is 0. The van der Waals surface area contributed by atoms with Crippen molar-refractivity contribution in [2.45, 2.75) is 79.8 Å². The lowest BCUT2D eigenvalue weighted by molar-refractivity contribution is -0.154. The van der Waals surface area contributed by atoms with Gasteiger partial charge in [0, 0.05) is 0 Å². The smallest absolute Gasteiger partial charge is 0.311 e. The van der Waals surface area contributed by atoms with Crippen LogP contribution >= 0.6 is 0 Å². The van der Waals surface area contributed by atoms with E-state index in [9.17, 15) is 4.79 Å². The number of carbonyl (C=O) groups excluding carboxylic acids is 1. The molecule has 22 heavy (non-hydrogen) atoms. The number of rotatable bonds is 2. The molecule has 0 aliphatic rings. The van der Waals surface area contributed by atoms with E-state index in [4.69, 9.17) is 4.74 Å². The predicted molar refractivity (Wildman–Crippen MR) is 93.1 cm³/mol. The Morgan fingerprint density at radius 3 is 1.86 bits per heavy atom. The number of hydrogen-bond donors (Lipinski definition) is 0. The topological polar surface area (TPSA) is 26.3 Å². The second-order valence-corrected chi connectivity index (χ2v) is 9.20. The third kappa shape index (κ3) is 4.86. The molecule has 0 aromatic heterocycles. The van der Waals surface area contributed by atoms with Gasteiger partial charge in [-0.3, -0.25) is 4.79 Å². The van der Waals surface area contributed by atoms with Crippen LogP contribution in [-0.2, 0) is 27.0 Å². The van der Waals surface area contributed by atoms with E-state index in [0.29, 0.717) is 6.61 Å². The van der Waals surface area contributed by atoms with Crippen molar-refractivity contribution in [1.82, 2.24) is 0 Å². The van der Waals surface area contributed by atoms with E-state index >= 15 is 0 Å². The molecule has 0 saturated carbocycles. The number of hydrogen-bond acceptors (Lipinski definition) is 2. The van der Waals surface area contributed by atoms with Gasteiger partial charge in [-0.05, 0) is 48.3 Å². The van der Waals surface area contributed by atoms with E-state index in [0.717, 1.165) is 5.56 Å². The highest BCUT2D eigenvalue weighted by atomic mass is 16.5. The fraction of sp³-hybridized carbons (Fsp3) is 0.650. The van der Waals surface area contributed by atoms with Gasteiger partial charge in [0.25, 0.3) is 0 Å². The molecule has 0 bridgehead atoms. The summed E-state index contributed by atoms with van der Waals surface area (Å²) in [5, 5.41) is 0. The first-order valence-electron chi connectivity index (χ1n) is 8.04. The quantitative estimate of drug-likeness (QED) is 0.686. The third-order valence-corrected chi connectivity index (χ3v) is 3.76. The molecule has 1 aromatic carbocycles. The zero-order chi connectivity index (χ0) is 17.3. The van der Waals surface area contributed by atoms with Crippen molar-refractivity contribution < 1.29 is 9.53 Å². The summed E-state index contributed by atoms with van der Waals surface area (Å²) in [6, 6.07) is 6.52. The Labute approximate surface area is 136 Å². The molecule has 0 atom stereocenters. The summed E-state index contributed by atoms with van der Waals surface area (Å²) in [5.41, 5.74) is 3.32. The molecule has 0 fully saturated rings. The highest BCUT2D eigenvalue weighted by Gasteiger charge is 2.25. The number of ether oxygens (including phenoxy) is 1. The van der Waals surface area contributed by atoms with Crippen LogP contribution in [0.2, 0.25) is 0 Å². The lowest BCUT2D eigenvalue weighted by atomic mass is 9.78. The summed E-state index contributed by atoms with van der Waals surface area (Å²) in [5.74, 6) is -0.160. The van der Waals surface area contributed by atoms with E-state index < -0.39 is 5.41 Å². The molecular weight excluding hydrogens is 272 g/mol. The van der Waals surface area contributed by atoms with Crippen LogP contribution in [-0.4, -0.2) is 5.97 Å². The molecule has 1 rings (SSSR count). The van der Waals surface area contributed by atoms with E-state index in [-0.39, 0.29) is 16.8 Å². The fourth-order valence-corrected chi connectivity index (χ4v) is 2.23. The second kappa shape index (κ2) is 6.06. The molecule has 0 saturated heterocycles. The predicted octanol–water partition coefficient (Wildman–Crippen LogP) is 5.37. The van der Waals surface area contributed by atoms with Gasteiger partial charge in [-0.2, -0.15) is 0 Å². The summed E-state index contributed by atoms with van der Waals surface area (Å²) < 4.78 is 5.51. The van der Waals surface area contributed by atoms with Gasteiger partial charge in [0.2, 0.25) is 0 Å². The van der Waals surface area contributed by atoms with Gasteiger partial charge in [0.05, 0.1) is 5.41 Å². The summed E-state index contributed by atoms with van der Waals surface area (Å²) in [4.78, 5) is 12.0. The van der Waals surface area contributed by atoms with Crippen molar-refractivity contribution in [3.8, 4) is 0 Å². The van der Waals surface area contributed by atoms with E-state index in [2.05, 4.69) is 59.7 Å². The van der Waals surface area contributed by atoms with Gasteiger partial charge < -0.3 is 4.74 Å². The average molecular weight is 304 g/mol. The molecule has 0 unspecified atom stereocenters. The van der Waals surface area contributed by atoms with Crippen molar-refractivity contribution in [3.63, 3.8) is 0 Å². The Balaban J connectivity index is 3.13. The number of benzene rings is 1. The van der Waals surface area contributed by atoms with Crippen LogP contribution in [0.15, 0.2) is 18.2 Å². The van der Waals surface area contributed by atoms with Gasteiger partial charge in [-0.25, -0.2) is 0 Å². The highest BCUT2D eigenvalue weighted by Crippen LogP contribution is 2.32. The SMILES string of the molecule is CC(C)(C)C(=O)OCc1ccc(C(C)(C)C)cc1C(C)(C)C. The Hall–Kier alpha value is -1.31. The maximum absolute atomic E-state index is 12.0. The lowest BCUT2D eigenvalue weighted by Gasteiger charge is -2.28. The minimum atomic E-state index is -0.465. The molecule has 1 aromatic rings. The van der Waals surface area contributed by atoms with Crippen LogP contribution in [0.4, 0.5) is 0 Å². The Morgan fingerprint density at radius 1 is 0.909 bits per heavy atom. The summed E-state index contributed by atoms with van der Waals surface area (Å²) in [6.45, 7) is 19.2. The second-order valence-electron chi connectivity index (χ2n) is 9.20. The molecule has 0 spiro atoms. The van der Waals surface area contributed by atoms with Crippen LogP contribution in [0.3, 0.4) is 0 Å². The van der Waals surface area contributed by atoms with Crippen LogP contribution in [0.5, 0.6) is 0 Å². The number of carbonyl (C=O) groups is 1. The molecule has 2 heteroatoms. The molecule has 2 nitrogen and oxygen atoms in total. The summed E-state index contributed by atoms with van der Waals surface area (Å²) in [6.07, 6.45) is 0. The monoisotopic (exact) mass is 304 g/mol. The molecule has 0 amide bonds. The van der Waals surface area contributed by atoms with Crippen LogP contribution in [0, 0.1) is 5.41 Å². The minimum absolute atomic E-state index is 0.0186. The first-order valence-corrected chi connectivity index (χ1v) is 8.04. The molecule has 0 N–H and O–H groups in total. The van der Waals surface area contributed by atoms with Gasteiger partial charge in [0.15, 0.2) is 0 Å². The average Bonchev–Trinajstić information content (AvgIpc) is 2.32. The minimum Gasteiger partial charge on any atom is -0.460 e. The van der Waals surface area contributed by atoms with Gasteiger partial charge in [0.1, 0.15) is 6.61 Å². The molecular formula is C20H32O2. The third-order valence-electron chi connectivity index (χ3n) is 3.76. The van der Waals surface area contributed by atoms with Crippen LogP contribution in [0.1, 0.15) is 79.0 Å². The maximum atomic E-state index is 12.0. The lowest BCUT2D eigenvalue weighted by Crippen LogP contribution is -2.24. The van der Waals surface area contributed by atoms with E-state index in [1.165, 1.54) is 11.1 Å². The van der Waals surface area contributed by atoms with Gasteiger partial charge in [-0.1, -0.05) is 59.7 Å². The molecule has 0 aliphatic heterocycles. The highest BCUT2D eigenvalue weighted by molar-refractivity contribution is 5.75. The van der Waals surface area contributed by atoms with Crippen molar-refractivity contribution >= 4 is 5.97 Å². The van der Waals surface area contributed by atoms with E-state index in [1.54, 1.807) is 0 Å².